The zero-order valence-electron chi connectivity index (χ0n) is 13.7. The van der Waals surface area contributed by atoms with Crippen LogP contribution in [-0.4, -0.2) is 28.9 Å². The number of alkyl halides is 3. The van der Waals surface area contributed by atoms with E-state index in [0.29, 0.717) is 5.69 Å². The largest absolute Gasteiger partial charge is 0.400 e. The Morgan fingerprint density at radius 3 is 2.72 bits per heavy atom. The molecule has 2 N–H and O–H groups in total. The van der Waals surface area contributed by atoms with Crippen LogP contribution in [0.3, 0.4) is 0 Å². The Balaban J connectivity index is 2.03. The molecule has 2 unspecified atom stereocenters. The number of hydrogen-bond acceptors (Lipinski definition) is 3. The van der Waals surface area contributed by atoms with E-state index in [4.69, 9.17) is 0 Å². The number of allylic oxidation sites excluding steroid dienone is 2. The van der Waals surface area contributed by atoms with Crippen LogP contribution in [0.2, 0.25) is 0 Å². The Hall–Kier alpha value is -2.34. The molecular weight excluding hydrogens is 329 g/mol. The molecule has 1 heterocycles. The molecule has 0 radical (unpaired) electrons. The molecule has 3 nitrogen and oxygen atoms in total. The molecule has 6 heteroatoms. The maximum atomic E-state index is 13.9. The quantitative estimate of drug-likeness (QED) is 0.862. The first-order valence-corrected chi connectivity index (χ1v) is 8.04. The van der Waals surface area contributed by atoms with Crippen LogP contribution in [0.15, 0.2) is 54.6 Å². The summed E-state index contributed by atoms with van der Waals surface area (Å²) in [6.45, 7) is 1.32. The summed E-state index contributed by atoms with van der Waals surface area (Å²) in [7, 11) is 0. The number of nitrogens with zero attached hydrogens (tertiary/aromatic N) is 1. The fourth-order valence-electron chi connectivity index (χ4n) is 3.24. The third kappa shape index (κ3) is 3.14. The predicted octanol–water partition coefficient (Wildman–Crippen LogP) is 4.38. The van der Waals surface area contributed by atoms with Gasteiger partial charge in [-0.15, -0.1) is 0 Å². The highest BCUT2D eigenvalue weighted by Crippen LogP contribution is 2.48. The van der Waals surface area contributed by atoms with Gasteiger partial charge in [-0.2, -0.15) is 13.2 Å². The number of aryl methyl sites for hydroxylation is 1. The monoisotopic (exact) mass is 348 g/mol. The minimum absolute atomic E-state index is 0.406. The van der Waals surface area contributed by atoms with Gasteiger partial charge in [-0.3, -0.25) is 4.98 Å². The highest BCUT2D eigenvalue weighted by Gasteiger charge is 2.57. The van der Waals surface area contributed by atoms with Crippen molar-refractivity contribution in [3.8, 4) is 0 Å². The maximum Gasteiger partial charge on any atom is 0.400 e. The van der Waals surface area contributed by atoms with E-state index in [1.165, 1.54) is 12.2 Å². The maximum absolute atomic E-state index is 13.9. The highest BCUT2D eigenvalue weighted by atomic mass is 19.4. The standard InChI is InChI=1S/C19H19F3N2O/c1-13-8-9-14-15(23-13)5-4-6-16(14)24-17-7-2-3-10-18(17,11-12-25)19(20,21)22/h2-10,17,24-25H,11-12H2,1H3. The second-order valence-electron chi connectivity index (χ2n) is 6.20. The molecule has 1 aliphatic rings. The van der Waals surface area contributed by atoms with Crippen molar-refractivity contribution in [3.05, 3.63) is 60.3 Å². The van der Waals surface area contributed by atoms with Gasteiger partial charge in [0, 0.05) is 23.4 Å². The highest BCUT2D eigenvalue weighted by molar-refractivity contribution is 5.91. The van der Waals surface area contributed by atoms with Gasteiger partial charge in [0.2, 0.25) is 0 Å². The molecule has 0 saturated heterocycles. The molecule has 0 amide bonds. The summed E-state index contributed by atoms with van der Waals surface area (Å²) in [5, 5.41) is 13.0. The number of fused-ring (bicyclic) bond motifs is 1. The topological polar surface area (TPSA) is 45.1 Å². The Kier molecular flexibility index (Phi) is 4.56. The fraction of sp³-hybridized carbons (Fsp3) is 0.316. The lowest BCUT2D eigenvalue weighted by Gasteiger charge is -2.40. The average molecular weight is 348 g/mol. The number of anilines is 1. The number of aliphatic hydroxyl groups excluding tert-OH is 1. The first kappa shape index (κ1) is 17.5. The molecule has 1 aromatic heterocycles. The Morgan fingerprint density at radius 2 is 2.00 bits per heavy atom. The summed E-state index contributed by atoms with van der Waals surface area (Å²) in [6, 6.07) is 8.00. The van der Waals surface area contributed by atoms with Crippen molar-refractivity contribution in [3.63, 3.8) is 0 Å². The van der Waals surface area contributed by atoms with Crippen molar-refractivity contribution in [1.29, 1.82) is 0 Å². The van der Waals surface area contributed by atoms with E-state index >= 15 is 0 Å². The molecule has 25 heavy (non-hydrogen) atoms. The number of rotatable bonds is 4. The van der Waals surface area contributed by atoms with E-state index in [9.17, 15) is 18.3 Å². The molecule has 0 aliphatic heterocycles. The third-order valence-electron chi connectivity index (χ3n) is 4.60. The van der Waals surface area contributed by atoms with Crippen LogP contribution >= 0.6 is 0 Å². The van der Waals surface area contributed by atoms with E-state index in [2.05, 4.69) is 10.3 Å². The minimum Gasteiger partial charge on any atom is -0.396 e. The summed E-state index contributed by atoms with van der Waals surface area (Å²) in [5.41, 5.74) is -0.00626. The molecule has 1 aliphatic carbocycles. The molecule has 2 aromatic rings. The van der Waals surface area contributed by atoms with Crippen LogP contribution in [0.1, 0.15) is 12.1 Å². The predicted molar refractivity (Wildman–Crippen MR) is 92.4 cm³/mol. The molecule has 1 aromatic carbocycles. The fourth-order valence-corrected chi connectivity index (χ4v) is 3.24. The number of halogens is 3. The number of nitrogens with one attached hydrogen (secondary N) is 1. The second-order valence-corrected chi connectivity index (χ2v) is 6.20. The van der Waals surface area contributed by atoms with Gasteiger partial charge in [0.25, 0.3) is 0 Å². The smallest absolute Gasteiger partial charge is 0.396 e. The molecule has 0 fully saturated rings. The van der Waals surface area contributed by atoms with Gasteiger partial charge in [-0.05, 0) is 37.6 Å². The van der Waals surface area contributed by atoms with E-state index in [0.717, 1.165) is 22.7 Å². The van der Waals surface area contributed by atoms with Crippen LogP contribution in [0.4, 0.5) is 18.9 Å². The first-order chi connectivity index (χ1) is 11.9. The zero-order chi connectivity index (χ0) is 18.1. The molecule has 0 bridgehead atoms. The second kappa shape index (κ2) is 6.52. The van der Waals surface area contributed by atoms with Crippen LogP contribution in [0, 0.1) is 12.3 Å². The molecule has 3 rings (SSSR count). The molecule has 0 spiro atoms. The van der Waals surface area contributed by atoms with Crippen molar-refractivity contribution < 1.29 is 18.3 Å². The SMILES string of the molecule is Cc1ccc2c(NC3C=CC=CC3(CCO)C(F)(F)F)cccc2n1. The third-order valence-corrected chi connectivity index (χ3v) is 4.60. The van der Waals surface area contributed by atoms with Crippen molar-refractivity contribution in [2.45, 2.75) is 25.6 Å². The van der Waals surface area contributed by atoms with E-state index in [1.54, 1.807) is 18.2 Å². The van der Waals surface area contributed by atoms with Crippen LogP contribution in [-0.2, 0) is 0 Å². The van der Waals surface area contributed by atoms with Crippen LogP contribution < -0.4 is 5.32 Å². The molecule has 2 atom stereocenters. The van der Waals surface area contributed by atoms with Crippen molar-refractivity contribution in [1.82, 2.24) is 4.98 Å². The summed E-state index contributed by atoms with van der Waals surface area (Å²) < 4.78 is 41.6. The van der Waals surface area contributed by atoms with Crippen LogP contribution in [0.5, 0.6) is 0 Å². The summed E-state index contributed by atoms with van der Waals surface area (Å²) in [6.07, 6.45) is 0.700. The van der Waals surface area contributed by atoms with Gasteiger partial charge in [-0.1, -0.05) is 30.4 Å². The number of aliphatic hydroxyl groups is 1. The van der Waals surface area contributed by atoms with Gasteiger partial charge in [-0.25, -0.2) is 0 Å². The van der Waals surface area contributed by atoms with Crippen LogP contribution in [0.25, 0.3) is 10.9 Å². The van der Waals surface area contributed by atoms with E-state index in [1.807, 2.05) is 25.1 Å². The Morgan fingerprint density at radius 1 is 1.20 bits per heavy atom. The lowest BCUT2D eigenvalue weighted by Crippen LogP contribution is -2.50. The zero-order valence-corrected chi connectivity index (χ0v) is 13.7. The summed E-state index contributed by atoms with van der Waals surface area (Å²) in [4.78, 5) is 4.42. The lowest BCUT2D eigenvalue weighted by molar-refractivity contribution is -0.212. The molecule has 0 saturated carbocycles. The Bertz CT molecular complexity index is 829. The molecular formula is C19H19F3N2O. The van der Waals surface area contributed by atoms with Crippen molar-refractivity contribution >= 4 is 16.6 Å². The summed E-state index contributed by atoms with van der Waals surface area (Å²) >= 11 is 0. The van der Waals surface area contributed by atoms with Crippen molar-refractivity contribution in [2.24, 2.45) is 5.41 Å². The number of aromatic nitrogens is 1. The number of hydrogen-bond donors (Lipinski definition) is 2. The Labute approximate surface area is 143 Å². The lowest BCUT2D eigenvalue weighted by atomic mass is 9.74. The normalized spacial score (nSPS) is 23.2. The van der Waals surface area contributed by atoms with Gasteiger partial charge < -0.3 is 10.4 Å². The first-order valence-electron chi connectivity index (χ1n) is 8.04. The van der Waals surface area contributed by atoms with E-state index < -0.39 is 30.7 Å². The van der Waals surface area contributed by atoms with Crippen molar-refractivity contribution in [2.75, 3.05) is 11.9 Å². The van der Waals surface area contributed by atoms with Gasteiger partial charge in [0.05, 0.1) is 11.6 Å². The minimum atomic E-state index is -4.49. The van der Waals surface area contributed by atoms with Gasteiger partial charge in [0.1, 0.15) is 5.41 Å². The van der Waals surface area contributed by atoms with Gasteiger partial charge in [0.15, 0.2) is 0 Å². The van der Waals surface area contributed by atoms with Gasteiger partial charge >= 0.3 is 6.18 Å². The average Bonchev–Trinajstić information content (AvgIpc) is 2.55. The summed E-state index contributed by atoms with van der Waals surface area (Å²) in [5.74, 6) is 0. The molecule has 132 valence electrons. The number of pyridine rings is 1. The van der Waals surface area contributed by atoms with E-state index in [-0.39, 0.29) is 0 Å². The number of benzene rings is 1.